The van der Waals surface area contributed by atoms with E-state index in [-0.39, 0.29) is 28.8 Å². The van der Waals surface area contributed by atoms with Crippen LogP contribution in [-0.4, -0.2) is 44.5 Å². The summed E-state index contributed by atoms with van der Waals surface area (Å²) in [5.74, 6) is -0.617. The van der Waals surface area contributed by atoms with Crippen LogP contribution in [-0.2, 0) is 18.6 Å². The van der Waals surface area contributed by atoms with Crippen LogP contribution in [0.5, 0.6) is 0 Å². The van der Waals surface area contributed by atoms with E-state index in [0.29, 0.717) is 6.61 Å². The molecule has 2 aliphatic heterocycles. The number of hydrogen-bond donors (Lipinski definition) is 0. The van der Waals surface area contributed by atoms with E-state index in [4.69, 9.17) is 18.6 Å². The number of ether oxygens (including phenoxy) is 3. The molecule has 4 nitrogen and oxygen atoms in total. The standard InChI is InChI=1S/C20H32O4SSi/c1-19(2,3)26(6,7)24-15-13-21-18(25-14-11-9-8-10-12-14)17-16(15)22-20(4,5)23-17/h8-12,15-18H,13H2,1-7H3/t15-,16+,17+,18?/m0/s1. The van der Waals surface area contributed by atoms with Gasteiger partial charge in [-0.15, -0.1) is 0 Å². The molecule has 2 aliphatic rings. The van der Waals surface area contributed by atoms with E-state index in [1.807, 2.05) is 32.0 Å². The van der Waals surface area contributed by atoms with E-state index in [2.05, 4.69) is 46.0 Å². The molecule has 146 valence electrons. The van der Waals surface area contributed by atoms with Crippen LogP contribution < -0.4 is 0 Å². The van der Waals surface area contributed by atoms with Gasteiger partial charge in [-0.25, -0.2) is 0 Å². The van der Waals surface area contributed by atoms with Gasteiger partial charge in [-0.3, -0.25) is 0 Å². The lowest BCUT2D eigenvalue weighted by molar-refractivity contribution is -0.151. The van der Waals surface area contributed by atoms with Gasteiger partial charge >= 0.3 is 0 Å². The van der Waals surface area contributed by atoms with Crippen LogP contribution in [0.2, 0.25) is 18.1 Å². The van der Waals surface area contributed by atoms with Crippen LogP contribution in [0.1, 0.15) is 34.6 Å². The zero-order valence-electron chi connectivity index (χ0n) is 16.9. The van der Waals surface area contributed by atoms with Gasteiger partial charge in [-0.05, 0) is 44.1 Å². The summed E-state index contributed by atoms with van der Waals surface area (Å²) in [5.41, 5.74) is -0.0940. The third kappa shape index (κ3) is 4.37. The molecule has 2 saturated heterocycles. The van der Waals surface area contributed by atoms with Crippen molar-refractivity contribution in [2.24, 2.45) is 0 Å². The maximum absolute atomic E-state index is 6.65. The molecule has 0 spiro atoms. The lowest BCUT2D eigenvalue weighted by Crippen LogP contribution is -2.56. The summed E-state index contributed by atoms with van der Waals surface area (Å²) in [4.78, 5) is 1.17. The Morgan fingerprint density at radius 3 is 2.31 bits per heavy atom. The minimum absolute atomic E-state index is 0.0877. The molecule has 0 aromatic heterocycles. The van der Waals surface area contributed by atoms with Gasteiger partial charge < -0.3 is 18.6 Å². The molecule has 4 atom stereocenters. The van der Waals surface area contributed by atoms with Crippen LogP contribution in [0.15, 0.2) is 35.2 Å². The first-order valence-electron chi connectivity index (χ1n) is 9.35. The molecule has 2 heterocycles. The van der Waals surface area contributed by atoms with Crippen molar-refractivity contribution in [3.63, 3.8) is 0 Å². The maximum Gasteiger partial charge on any atom is 0.192 e. The summed E-state index contributed by atoms with van der Waals surface area (Å²) in [6, 6.07) is 10.3. The number of hydrogen-bond acceptors (Lipinski definition) is 5. The van der Waals surface area contributed by atoms with E-state index >= 15 is 0 Å². The van der Waals surface area contributed by atoms with Crippen LogP contribution >= 0.6 is 11.8 Å². The van der Waals surface area contributed by atoms with E-state index in [9.17, 15) is 0 Å². The molecule has 0 bridgehead atoms. The van der Waals surface area contributed by atoms with Gasteiger partial charge in [0.15, 0.2) is 14.1 Å². The van der Waals surface area contributed by atoms with Crippen molar-refractivity contribution in [3.05, 3.63) is 30.3 Å². The van der Waals surface area contributed by atoms with Crippen molar-refractivity contribution in [1.29, 1.82) is 0 Å². The van der Waals surface area contributed by atoms with Crippen molar-refractivity contribution < 1.29 is 18.6 Å². The lowest BCUT2D eigenvalue weighted by Gasteiger charge is -2.44. The summed E-state index contributed by atoms with van der Waals surface area (Å²) in [5, 5.41) is 0.146. The van der Waals surface area contributed by atoms with Crippen molar-refractivity contribution in [3.8, 4) is 0 Å². The molecule has 0 N–H and O–H groups in total. The van der Waals surface area contributed by atoms with Crippen molar-refractivity contribution in [2.45, 2.75) is 87.2 Å². The van der Waals surface area contributed by atoms with Gasteiger partial charge in [0, 0.05) is 4.90 Å². The summed E-state index contributed by atoms with van der Waals surface area (Å²) >= 11 is 1.70. The molecule has 1 aromatic rings. The Kier molecular flexibility index (Phi) is 5.66. The Balaban J connectivity index is 1.77. The van der Waals surface area contributed by atoms with Gasteiger partial charge in [0.25, 0.3) is 0 Å². The normalized spacial score (nSPS) is 31.7. The fourth-order valence-electron chi connectivity index (χ4n) is 3.09. The fraction of sp³-hybridized carbons (Fsp3) is 0.700. The Morgan fingerprint density at radius 2 is 1.69 bits per heavy atom. The number of fused-ring (bicyclic) bond motifs is 1. The van der Waals surface area contributed by atoms with Gasteiger partial charge in [0.1, 0.15) is 17.6 Å². The van der Waals surface area contributed by atoms with Gasteiger partial charge in [-0.1, -0.05) is 50.7 Å². The number of thioether (sulfide) groups is 1. The highest BCUT2D eigenvalue weighted by Crippen LogP contribution is 2.44. The summed E-state index contributed by atoms with van der Waals surface area (Å²) in [7, 11) is -1.92. The Bertz CT molecular complexity index is 614. The molecule has 0 amide bonds. The quantitative estimate of drug-likeness (QED) is 0.666. The van der Waals surface area contributed by atoms with E-state index in [1.165, 1.54) is 4.90 Å². The zero-order valence-corrected chi connectivity index (χ0v) is 18.8. The smallest absolute Gasteiger partial charge is 0.192 e. The molecular weight excluding hydrogens is 364 g/mol. The van der Waals surface area contributed by atoms with Gasteiger partial charge in [0.2, 0.25) is 0 Å². The summed E-state index contributed by atoms with van der Waals surface area (Å²) in [6.07, 6.45) is -0.330. The van der Waals surface area contributed by atoms with Crippen molar-refractivity contribution >= 4 is 20.1 Å². The molecule has 0 saturated carbocycles. The molecule has 26 heavy (non-hydrogen) atoms. The van der Waals surface area contributed by atoms with Crippen LogP contribution in [0, 0.1) is 0 Å². The zero-order chi connectivity index (χ0) is 19.2. The SMILES string of the molecule is CC1(C)O[C@@H]2[C@@H](O[Si](C)(C)C(C)(C)C)COC(Sc3ccccc3)[C@@H]2O1. The average molecular weight is 397 g/mol. The second kappa shape index (κ2) is 7.22. The topological polar surface area (TPSA) is 36.9 Å². The number of rotatable bonds is 4. The van der Waals surface area contributed by atoms with Crippen LogP contribution in [0.3, 0.4) is 0 Å². The second-order valence-corrected chi connectivity index (χ2v) is 15.0. The minimum Gasteiger partial charge on any atom is -0.409 e. The molecule has 6 heteroatoms. The van der Waals surface area contributed by atoms with Crippen molar-refractivity contribution in [1.82, 2.24) is 0 Å². The first-order chi connectivity index (χ1) is 12.0. The van der Waals surface area contributed by atoms with E-state index in [0.717, 1.165) is 0 Å². The Hall–Kier alpha value is -0.373. The highest BCUT2D eigenvalue weighted by atomic mass is 32.2. The van der Waals surface area contributed by atoms with Gasteiger partial charge in [0.05, 0.1) is 12.7 Å². The number of benzene rings is 1. The minimum atomic E-state index is -1.92. The third-order valence-electron chi connectivity index (χ3n) is 5.47. The van der Waals surface area contributed by atoms with Crippen LogP contribution in [0.25, 0.3) is 0 Å². The first kappa shape index (κ1) is 20.4. The van der Waals surface area contributed by atoms with E-state index in [1.54, 1.807) is 11.8 Å². The monoisotopic (exact) mass is 396 g/mol. The van der Waals surface area contributed by atoms with E-state index < -0.39 is 14.1 Å². The highest BCUT2D eigenvalue weighted by molar-refractivity contribution is 7.99. The predicted octanol–water partition coefficient (Wildman–Crippen LogP) is 5.05. The first-order valence-corrected chi connectivity index (χ1v) is 13.1. The third-order valence-corrected chi connectivity index (χ3v) is 11.2. The Morgan fingerprint density at radius 1 is 1.08 bits per heavy atom. The highest BCUT2D eigenvalue weighted by Gasteiger charge is 2.54. The summed E-state index contributed by atoms with van der Waals surface area (Å²) in [6.45, 7) is 15.8. The van der Waals surface area contributed by atoms with Crippen molar-refractivity contribution in [2.75, 3.05) is 6.61 Å². The van der Waals surface area contributed by atoms with Crippen LogP contribution in [0.4, 0.5) is 0 Å². The predicted molar refractivity (Wildman–Crippen MR) is 108 cm³/mol. The molecule has 2 fully saturated rings. The molecular formula is C20H32O4SSi. The molecule has 0 radical (unpaired) electrons. The average Bonchev–Trinajstić information content (AvgIpc) is 2.85. The Labute approximate surface area is 163 Å². The lowest BCUT2D eigenvalue weighted by atomic mass is 10.1. The maximum atomic E-state index is 6.65. The molecule has 1 unspecified atom stereocenters. The summed E-state index contributed by atoms with van der Waals surface area (Å²) < 4.78 is 25.4. The van der Waals surface area contributed by atoms with Gasteiger partial charge in [-0.2, -0.15) is 0 Å². The molecule has 3 rings (SSSR count). The molecule has 0 aliphatic carbocycles. The fourth-order valence-corrected chi connectivity index (χ4v) is 5.47. The second-order valence-electron chi connectivity index (χ2n) is 9.11. The molecule has 1 aromatic carbocycles. The largest absolute Gasteiger partial charge is 0.409 e.